The van der Waals surface area contributed by atoms with Crippen LogP contribution in [0, 0.1) is 17.6 Å². The number of carbonyl (C=O) groups is 2. The molecule has 0 aliphatic carbocycles. The van der Waals surface area contributed by atoms with Crippen molar-refractivity contribution in [2.24, 2.45) is 5.92 Å². The van der Waals surface area contributed by atoms with Crippen LogP contribution >= 0.6 is 11.8 Å². The lowest BCUT2D eigenvalue weighted by atomic mass is 9.94. The van der Waals surface area contributed by atoms with E-state index in [0.717, 1.165) is 0 Å². The van der Waals surface area contributed by atoms with Gasteiger partial charge in [-0.25, -0.2) is 8.78 Å². The van der Waals surface area contributed by atoms with Gasteiger partial charge in [-0.05, 0) is 30.7 Å². The zero-order chi connectivity index (χ0) is 23.4. The normalized spacial score (nSPS) is 23.4. The molecule has 2 saturated heterocycles. The number of benzene rings is 2. The number of piperazine rings is 1. The molecule has 0 aromatic heterocycles. The minimum atomic E-state index is -0.479. The van der Waals surface area contributed by atoms with Crippen LogP contribution in [0.5, 0.6) is 0 Å². The summed E-state index contributed by atoms with van der Waals surface area (Å²) < 4.78 is 27.9. The standard InChI is InChI=1S/C24H28F2N4O2S/c1-16-18(23(32)28-24(27-16)33-15-17-6-2-3-7-19(17)25)14-22(31)30-12-10-29(11-13-30)21-9-5-4-8-20(21)26/h2-9,16,18,24,27H,10-15H2,1H3,(H,28,32). The number of hydrogen-bond donors (Lipinski definition) is 2. The number of rotatable bonds is 6. The molecular formula is C24H28F2N4O2S. The van der Waals surface area contributed by atoms with Crippen molar-refractivity contribution < 1.29 is 18.4 Å². The minimum Gasteiger partial charge on any atom is -0.366 e. The second kappa shape index (κ2) is 10.5. The number of halogens is 2. The van der Waals surface area contributed by atoms with Crippen molar-refractivity contribution in [2.75, 3.05) is 31.1 Å². The maximum absolute atomic E-state index is 14.0. The first-order valence-corrected chi connectivity index (χ1v) is 12.2. The van der Waals surface area contributed by atoms with Crippen molar-refractivity contribution in [1.29, 1.82) is 0 Å². The van der Waals surface area contributed by atoms with Crippen molar-refractivity contribution in [3.63, 3.8) is 0 Å². The fraction of sp³-hybridized carbons (Fsp3) is 0.417. The number of anilines is 1. The van der Waals surface area contributed by atoms with Crippen molar-refractivity contribution >= 4 is 29.3 Å². The van der Waals surface area contributed by atoms with Gasteiger partial charge in [0.05, 0.1) is 11.6 Å². The van der Waals surface area contributed by atoms with Crippen LogP contribution in [0.2, 0.25) is 0 Å². The molecule has 2 aromatic rings. The second-order valence-corrected chi connectivity index (χ2v) is 9.47. The van der Waals surface area contributed by atoms with E-state index in [9.17, 15) is 18.4 Å². The summed E-state index contributed by atoms with van der Waals surface area (Å²) in [6.45, 7) is 3.97. The SMILES string of the molecule is CC1NC(SCc2ccccc2F)NC(=O)C1CC(=O)N1CCN(c2ccccc2F)CC1. The van der Waals surface area contributed by atoms with Gasteiger partial charge in [-0.2, -0.15) is 0 Å². The molecule has 3 atom stereocenters. The van der Waals surface area contributed by atoms with Crippen LogP contribution in [0.3, 0.4) is 0 Å². The number of amides is 2. The Morgan fingerprint density at radius 2 is 1.70 bits per heavy atom. The number of hydrogen-bond acceptors (Lipinski definition) is 5. The van der Waals surface area contributed by atoms with E-state index >= 15 is 0 Å². The van der Waals surface area contributed by atoms with E-state index in [1.165, 1.54) is 23.9 Å². The Labute approximate surface area is 196 Å². The molecule has 0 saturated carbocycles. The highest BCUT2D eigenvalue weighted by molar-refractivity contribution is 7.99. The third kappa shape index (κ3) is 5.65. The third-order valence-electron chi connectivity index (χ3n) is 6.21. The number of nitrogens with zero attached hydrogens (tertiary/aromatic N) is 2. The molecule has 2 heterocycles. The molecule has 3 unspecified atom stereocenters. The highest BCUT2D eigenvalue weighted by Crippen LogP contribution is 2.24. The molecule has 2 amide bonds. The van der Waals surface area contributed by atoms with Gasteiger partial charge in [-0.3, -0.25) is 14.9 Å². The molecule has 2 aliphatic heterocycles. The predicted octanol–water partition coefficient (Wildman–Crippen LogP) is 2.94. The van der Waals surface area contributed by atoms with E-state index < -0.39 is 5.92 Å². The zero-order valence-corrected chi connectivity index (χ0v) is 19.3. The lowest BCUT2D eigenvalue weighted by Crippen LogP contribution is -2.60. The van der Waals surface area contributed by atoms with Crippen LogP contribution in [0.15, 0.2) is 48.5 Å². The van der Waals surface area contributed by atoms with E-state index in [-0.39, 0.29) is 41.4 Å². The summed E-state index contributed by atoms with van der Waals surface area (Å²) in [4.78, 5) is 29.3. The molecule has 0 spiro atoms. The van der Waals surface area contributed by atoms with Crippen molar-refractivity contribution in [3.8, 4) is 0 Å². The molecule has 2 fully saturated rings. The molecule has 0 bridgehead atoms. The third-order valence-corrected chi connectivity index (χ3v) is 7.28. The van der Waals surface area contributed by atoms with Gasteiger partial charge in [0.1, 0.15) is 17.1 Å². The van der Waals surface area contributed by atoms with Crippen LogP contribution in [-0.2, 0) is 15.3 Å². The molecule has 9 heteroatoms. The van der Waals surface area contributed by atoms with Crippen LogP contribution in [-0.4, -0.2) is 54.4 Å². The summed E-state index contributed by atoms with van der Waals surface area (Å²) >= 11 is 1.41. The topological polar surface area (TPSA) is 64.7 Å². The van der Waals surface area contributed by atoms with Crippen LogP contribution in [0.4, 0.5) is 14.5 Å². The molecule has 176 valence electrons. The zero-order valence-electron chi connectivity index (χ0n) is 18.5. The Hall–Kier alpha value is -2.65. The fourth-order valence-electron chi connectivity index (χ4n) is 4.23. The number of carbonyl (C=O) groups excluding carboxylic acids is 2. The first-order chi connectivity index (χ1) is 15.9. The highest BCUT2D eigenvalue weighted by Gasteiger charge is 2.36. The van der Waals surface area contributed by atoms with E-state index in [2.05, 4.69) is 10.6 Å². The molecule has 2 aliphatic rings. The lowest BCUT2D eigenvalue weighted by molar-refractivity contribution is -0.138. The molecule has 4 rings (SSSR count). The Kier molecular flexibility index (Phi) is 7.49. The molecule has 0 radical (unpaired) electrons. The predicted molar refractivity (Wildman–Crippen MR) is 126 cm³/mol. The Balaban J connectivity index is 1.26. The number of thioether (sulfide) groups is 1. The fourth-order valence-corrected chi connectivity index (χ4v) is 5.32. The Morgan fingerprint density at radius 3 is 2.36 bits per heavy atom. The summed E-state index contributed by atoms with van der Waals surface area (Å²) in [5.41, 5.74) is 0.786. The van der Waals surface area contributed by atoms with Gasteiger partial charge in [0.2, 0.25) is 11.8 Å². The van der Waals surface area contributed by atoms with Gasteiger partial charge in [-0.15, -0.1) is 11.8 Å². The van der Waals surface area contributed by atoms with Crippen molar-refractivity contribution in [3.05, 3.63) is 65.7 Å². The lowest BCUT2D eigenvalue weighted by Gasteiger charge is -2.38. The molecule has 2 N–H and O–H groups in total. The highest BCUT2D eigenvalue weighted by atomic mass is 32.2. The smallest absolute Gasteiger partial charge is 0.227 e. The largest absolute Gasteiger partial charge is 0.366 e. The van der Waals surface area contributed by atoms with E-state index in [4.69, 9.17) is 0 Å². The summed E-state index contributed by atoms with van der Waals surface area (Å²) in [5, 5.41) is 6.22. The summed E-state index contributed by atoms with van der Waals surface area (Å²) in [6.07, 6.45) is 0.115. The van der Waals surface area contributed by atoms with Gasteiger partial charge in [0.25, 0.3) is 0 Å². The van der Waals surface area contributed by atoms with Crippen LogP contribution < -0.4 is 15.5 Å². The average Bonchev–Trinajstić information content (AvgIpc) is 2.81. The average molecular weight is 475 g/mol. The summed E-state index contributed by atoms with van der Waals surface area (Å²) in [7, 11) is 0. The van der Waals surface area contributed by atoms with E-state index in [1.54, 1.807) is 41.3 Å². The first kappa shape index (κ1) is 23.5. The quantitative estimate of drug-likeness (QED) is 0.674. The Bertz CT molecular complexity index is 1000. The van der Waals surface area contributed by atoms with Gasteiger partial charge in [0.15, 0.2) is 0 Å². The molecular weight excluding hydrogens is 446 g/mol. The van der Waals surface area contributed by atoms with Gasteiger partial charge in [0, 0.05) is 44.4 Å². The molecule has 2 aromatic carbocycles. The molecule has 6 nitrogen and oxygen atoms in total. The molecule has 33 heavy (non-hydrogen) atoms. The minimum absolute atomic E-state index is 0.0746. The first-order valence-electron chi connectivity index (χ1n) is 11.1. The Morgan fingerprint density at radius 1 is 1.03 bits per heavy atom. The van der Waals surface area contributed by atoms with Gasteiger partial charge in [-0.1, -0.05) is 30.3 Å². The van der Waals surface area contributed by atoms with Gasteiger partial charge < -0.3 is 15.1 Å². The maximum Gasteiger partial charge on any atom is 0.227 e. The summed E-state index contributed by atoms with van der Waals surface area (Å²) in [6, 6.07) is 13.0. The monoisotopic (exact) mass is 474 g/mol. The van der Waals surface area contributed by atoms with Crippen LogP contribution in [0.1, 0.15) is 18.9 Å². The number of nitrogens with one attached hydrogen (secondary N) is 2. The van der Waals surface area contributed by atoms with E-state index in [0.29, 0.717) is 43.2 Å². The van der Waals surface area contributed by atoms with Gasteiger partial charge >= 0.3 is 0 Å². The second-order valence-electron chi connectivity index (χ2n) is 8.38. The van der Waals surface area contributed by atoms with E-state index in [1.807, 2.05) is 11.8 Å². The van der Waals surface area contributed by atoms with Crippen molar-refractivity contribution in [1.82, 2.24) is 15.5 Å². The number of para-hydroxylation sites is 1. The van der Waals surface area contributed by atoms with Crippen LogP contribution in [0.25, 0.3) is 0 Å². The summed E-state index contributed by atoms with van der Waals surface area (Å²) in [5.74, 6) is -0.836. The maximum atomic E-state index is 14.0. The van der Waals surface area contributed by atoms with Crippen molar-refractivity contribution in [2.45, 2.75) is 30.6 Å².